The summed E-state index contributed by atoms with van der Waals surface area (Å²) in [6, 6.07) is 9.36. The molecule has 0 fully saturated rings. The van der Waals surface area contributed by atoms with Crippen molar-refractivity contribution in [3.05, 3.63) is 35.9 Å². The highest BCUT2D eigenvalue weighted by Crippen LogP contribution is 2.22. The summed E-state index contributed by atoms with van der Waals surface area (Å²) >= 11 is 1.44. The van der Waals surface area contributed by atoms with Gasteiger partial charge in [0.25, 0.3) is 0 Å². The second-order valence-corrected chi connectivity index (χ2v) is 7.73. The zero-order valence-corrected chi connectivity index (χ0v) is 12.0. The number of hydrogen-bond donors (Lipinski definition) is 2. The second kappa shape index (κ2) is 6.56. The summed E-state index contributed by atoms with van der Waals surface area (Å²) < 4.78 is 22.0. The number of aliphatic hydroxyl groups is 1. The Balaban J connectivity index is 2.57. The van der Waals surface area contributed by atoms with E-state index in [1.807, 2.05) is 30.3 Å². The standard InChI is InChI=1S/C12H19NO3S2/c1-18(15,16)8-7-17-10-12(13,9-14)11-5-3-2-4-6-11/h2-6,14H,7-10,13H2,1H3. The van der Waals surface area contributed by atoms with Gasteiger partial charge in [-0.15, -0.1) is 0 Å². The van der Waals surface area contributed by atoms with E-state index >= 15 is 0 Å². The molecule has 0 heterocycles. The molecular formula is C12H19NO3S2. The fourth-order valence-electron chi connectivity index (χ4n) is 1.45. The fourth-order valence-corrected chi connectivity index (χ4v) is 3.90. The Morgan fingerprint density at radius 2 is 1.94 bits per heavy atom. The van der Waals surface area contributed by atoms with Crippen LogP contribution >= 0.6 is 11.8 Å². The SMILES string of the molecule is CS(=O)(=O)CCSCC(N)(CO)c1ccccc1. The van der Waals surface area contributed by atoms with Crippen molar-refractivity contribution >= 4 is 21.6 Å². The van der Waals surface area contributed by atoms with Crippen LogP contribution in [-0.4, -0.2) is 43.6 Å². The van der Waals surface area contributed by atoms with E-state index in [1.54, 1.807) is 0 Å². The molecule has 0 radical (unpaired) electrons. The van der Waals surface area contributed by atoms with Gasteiger partial charge in [0.05, 0.1) is 17.9 Å². The maximum absolute atomic E-state index is 11.0. The lowest BCUT2D eigenvalue weighted by atomic mass is 9.94. The monoisotopic (exact) mass is 289 g/mol. The third kappa shape index (κ3) is 4.97. The summed E-state index contributed by atoms with van der Waals surface area (Å²) in [4.78, 5) is 0. The van der Waals surface area contributed by atoms with Crippen LogP contribution in [0, 0.1) is 0 Å². The minimum Gasteiger partial charge on any atom is -0.394 e. The number of sulfone groups is 1. The maximum Gasteiger partial charge on any atom is 0.148 e. The maximum atomic E-state index is 11.0. The normalized spacial score (nSPS) is 15.3. The zero-order valence-electron chi connectivity index (χ0n) is 10.4. The van der Waals surface area contributed by atoms with Crippen molar-refractivity contribution in [1.29, 1.82) is 0 Å². The summed E-state index contributed by atoms with van der Waals surface area (Å²) in [6.45, 7) is -0.164. The number of benzene rings is 1. The lowest BCUT2D eigenvalue weighted by molar-refractivity contribution is 0.213. The molecule has 0 spiro atoms. The highest BCUT2D eigenvalue weighted by molar-refractivity contribution is 8.00. The van der Waals surface area contributed by atoms with Crippen molar-refractivity contribution in [2.24, 2.45) is 5.73 Å². The summed E-state index contributed by atoms with van der Waals surface area (Å²) in [5.41, 5.74) is 6.19. The van der Waals surface area contributed by atoms with Gasteiger partial charge in [-0.2, -0.15) is 11.8 Å². The molecule has 3 N–H and O–H groups in total. The third-order valence-electron chi connectivity index (χ3n) is 2.59. The first kappa shape index (κ1) is 15.5. The fraction of sp³-hybridized carbons (Fsp3) is 0.500. The average molecular weight is 289 g/mol. The van der Waals surface area contributed by atoms with Crippen LogP contribution in [0.5, 0.6) is 0 Å². The van der Waals surface area contributed by atoms with E-state index in [-0.39, 0.29) is 12.4 Å². The lowest BCUT2D eigenvalue weighted by Gasteiger charge is -2.27. The van der Waals surface area contributed by atoms with Gasteiger partial charge in [0, 0.05) is 17.8 Å². The zero-order chi connectivity index (χ0) is 13.6. The summed E-state index contributed by atoms with van der Waals surface area (Å²) in [5.74, 6) is 1.11. The Hall–Kier alpha value is -0.560. The number of hydrogen-bond acceptors (Lipinski definition) is 5. The minimum absolute atomic E-state index is 0.133. The first-order chi connectivity index (χ1) is 8.37. The Kier molecular flexibility index (Phi) is 5.65. The van der Waals surface area contributed by atoms with Crippen molar-refractivity contribution in [2.45, 2.75) is 5.54 Å². The highest BCUT2D eigenvalue weighted by atomic mass is 32.2. The van der Waals surface area contributed by atoms with E-state index in [4.69, 9.17) is 5.73 Å². The van der Waals surface area contributed by atoms with E-state index < -0.39 is 15.4 Å². The van der Waals surface area contributed by atoms with Gasteiger partial charge in [-0.05, 0) is 5.56 Å². The number of thioether (sulfide) groups is 1. The van der Waals surface area contributed by atoms with E-state index in [2.05, 4.69) is 0 Å². The molecule has 1 rings (SSSR count). The first-order valence-corrected chi connectivity index (χ1v) is 8.80. The van der Waals surface area contributed by atoms with Crippen molar-refractivity contribution in [3.63, 3.8) is 0 Å². The smallest absolute Gasteiger partial charge is 0.148 e. The van der Waals surface area contributed by atoms with Crippen LogP contribution in [0.4, 0.5) is 0 Å². The minimum atomic E-state index is -2.94. The van der Waals surface area contributed by atoms with Crippen molar-refractivity contribution in [1.82, 2.24) is 0 Å². The predicted molar refractivity (Wildman–Crippen MR) is 76.4 cm³/mol. The van der Waals surface area contributed by atoms with Gasteiger partial charge >= 0.3 is 0 Å². The molecule has 102 valence electrons. The van der Waals surface area contributed by atoms with Crippen LogP contribution in [0.15, 0.2) is 30.3 Å². The van der Waals surface area contributed by atoms with Crippen LogP contribution in [0.25, 0.3) is 0 Å². The van der Waals surface area contributed by atoms with E-state index in [0.717, 1.165) is 5.56 Å². The van der Waals surface area contributed by atoms with Gasteiger partial charge in [-0.25, -0.2) is 8.42 Å². The molecule has 1 aromatic carbocycles. The summed E-state index contributed by atoms with van der Waals surface area (Å²) in [7, 11) is -2.94. The van der Waals surface area contributed by atoms with Gasteiger partial charge < -0.3 is 10.8 Å². The molecule has 0 aliphatic heterocycles. The molecule has 6 heteroatoms. The quantitative estimate of drug-likeness (QED) is 0.719. The highest BCUT2D eigenvalue weighted by Gasteiger charge is 2.26. The second-order valence-electron chi connectivity index (χ2n) is 4.36. The molecule has 0 aliphatic carbocycles. The lowest BCUT2D eigenvalue weighted by Crippen LogP contribution is -2.43. The van der Waals surface area contributed by atoms with E-state index in [1.165, 1.54) is 18.0 Å². The molecule has 18 heavy (non-hydrogen) atoms. The van der Waals surface area contributed by atoms with Crippen LogP contribution in [-0.2, 0) is 15.4 Å². The molecule has 0 bridgehead atoms. The first-order valence-electron chi connectivity index (χ1n) is 5.58. The van der Waals surface area contributed by atoms with Crippen LogP contribution in [0.3, 0.4) is 0 Å². The molecule has 1 atom stereocenters. The molecule has 0 aromatic heterocycles. The van der Waals surface area contributed by atoms with Gasteiger partial charge in [0.15, 0.2) is 0 Å². The van der Waals surface area contributed by atoms with Crippen molar-refractivity contribution in [3.8, 4) is 0 Å². The van der Waals surface area contributed by atoms with Gasteiger partial charge in [-0.3, -0.25) is 0 Å². The molecule has 0 amide bonds. The molecule has 1 unspecified atom stereocenters. The van der Waals surface area contributed by atoms with E-state index in [0.29, 0.717) is 11.5 Å². The Labute approximate surface area is 113 Å². The largest absolute Gasteiger partial charge is 0.394 e. The van der Waals surface area contributed by atoms with E-state index in [9.17, 15) is 13.5 Å². The predicted octanol–water partition coefficient (Wildman–Crippen LogP) is 0.611. The number of nitrogens with two attached hydrogens (primary N) is 1. The van der Waals surface area contributed by atoms with Crippen LogP contribution < -0.4 is 5.73 Å². The van der Waals surface area contributed by atoms with Crippen molar-refractivity contribution < 1.29 is 13.5 Å². The Morgan fingerprint density at radius 1 is 1.33 bits per heavy atom. The molecule has 1 aromatic rings. The third-order valence-corrected chi connectivity index (χ3v) is 5.01. The molecule has 0 aliphatic rings. The molecular weight excluding hydrogens is 270 g/mol. The van der Waals surface area contributed by atoms with Gasteiger partial charge in [0.1, 0.15) is 9.84 Å². The van der Waals surface area contributed by atoms with Gasteiger partial charge in [0.2, 0.25) is 0 Å². The topological polar surface area (TPSA) is 80.4 Å². The summed E-state index contributed by atoms with van der Waals surface area (Å²) in [5, 5.41) is 9.44. The molecule has 4 nitrogen and oxygen atoms in total. The molecule has 0 saturated heterocycles. The number of aliphatic hydroxyl groups excluding tert-OH is 1. The summed E-state index contributed by atoms with van der Waals surface area (Å²) in [6.07, 6.45) is 1.21. The number of rotatable bonds is 7. The average Bonchev–Trinajstić information content (AvgIpc) is 2.34. The van der Waals surface area contributed by atoms with Gasteiger partial charge in [-0.1, -0.05) is 30.3 Å². The Morgan fingerprint density at radius 3 is 2.44 bits per heavy atom. The Bertz CT molecular complexity index is 461. The van der Waals surface area contributed by atoms with Crippen LogP contribution in [0.1, 0.15) is 5.56 Å². The molecule has 0 saturated carbocycles. The van der Waals surface area contributed by atoms with Crippen LogP contribution in [0.2, 0.25) is 0 Å². The van der Waals surface area contributed by atoms with Crippen molar-refractivity contribution in [2.75, 3.05) is 30.1 Å².